The van der Waals surface area contributed by atoms with Crippen LogP contribution in [0.2, 0.25) is 5.02 Å². The minimum atomic E-state index is -0.483. The topological polar surface area (TPSA) is 107 Å². The number of benzene rings is 1. The minimum Gasteiger partial charge on any atom is -0.482 e. The summed E-state index contributed by atoms with van der Waals surface area (Å²) in [5.41, 5.74) is 1.87. The number of Topliss-reactive ketones (excluding diaryl/α,β-unsaturated/α-hetero) is 1. The third-order valence-electron chi connectivity index (χ3n) is 4.07. The maximum absolute atomic E-state index is 12.5. The fourth-order valence-corrected chi connectivity index (χ4v) is 3.54. The van der Waals surface area contributed by atoms with Crippen molar-refractivity contribution in [2.75, 3.05) is 12.9 Å². The zero-order valence-electron chi connectivity index (χ0n) is 15.9. The summed E-state index contributed by atoms with van der Waals surface area (Å²) >= 11 is 7.13. The van der Waals surface area contributed by atoms with Gasteiger partial charge in [-0.2, -0.15) is 0 Å². The van der Waals surface area contributed by atoms with Crippen LogP contribution in [0.15, 0.2) is 33.9 Å². The van der Waals surface area contributed by atoms with E-state index in [2.05, 4.69) is 15.2 Å². The fraction of sp³-hybridized carbons (Fsp3) is 0.263. The maximum atomic E-state index is 12.5. The molecule has 2 aromatic heterocycles. The predicted molar refractivity (Wildman–Crippen MR) is 107 cm³/mol. The molecule has 2 heterocycles. The quantitative estimate of drug-likeness (QED) is 0.321. The van der Waals surface area contributed by atoms with E-state index in [0.717, 1.165) is 11.8 Å². The van der Waals surface area contributed by atoms with Crippen LogP contribution in [0.25, 0.3) is 0 Å². The summed E-state index contributed by atoms with van der Waals surface area (Å²) in [6, 6.07) is 7.05. The van der Waals surface area contributed by atoms with Gasteiger partial charge in [0.15, 0.2) is 12.4 Å². The van der Waals surface area contributed by atoms with Gasteiger partial charge in [-0.25, -0.2) is 4.79 Å². The number of carbonyl (C=O) groups excluding carboxylic acids is 2. The van der Waals surface area contributed by atoms with Gasteiger partial charge in [0.25, 0.3) is 11.1 Å². The number of halogens is 1. The summed E-state index contributed by atoms with van der Waals surface area (Å²) in [6.07, 6.45) is 0. The molecule has 0 aliphatic rings. The Morgan fingerprint density at radius 2 is 2.00 bits per heavy atom. The Bertz CT molecular complexity index is 1050. The second-order valence-corrected chi connectivity index (χ2v) is 7.34. The van der Waals surface area contributed by atoms with Gasteiger partial charge in [0.05, 0.1) is 29.1 Å². The number of ether oxygens (including phenoxy) is 2. The number of rotatable bonds is 8. The highest BCUT2D eigenvalue weighted by Crippen LogP contribution is 2.25. The van der Waals surface area contributed by atoms with Crippen molar-refractivity contribution < 1.29 is 23.5 Å². The fourth-order valence-electron chi connectivity index (χ4n) is 2.69. The van der Waals surface area contributed by atoms with Gasteiger partial charge in [0, 0.05) is 5.69 Å². The maximum Gasteiger partial charge on any atom is 0.339 e. The molecule has 3 aromatic rings. The van der Waals surface area contributed by atoms with Crippen LogP contribution >= 0.6 is 23.4 Å². The molecule has 0 aliphatic carbocycles. The molecule has 10 heteroatoms. The van der Waals surface area contributed by atoms with E-state index in [9.17, 15) is 9.59 Å². The molecule has 0 amide bonds. The Hall–Kier alpha value is -2.78. The van der Waals surface area contributed by atoms with E-state index >= 15 is 0 Å². The highest BCUT2D eigenvalue weighted by Gasteiger charge is 2.23. The van der Waals surface area contributed by atoms with Crippen molar-refractivity contribution in [1.82, 2.24) is 15.2 Å². The van der Waals surface area contributed by atoms with Gasteiger partial charge in [-0.05, 0) is 31.5 Å². The molecule has 152 valence electrons. The Kier molecular flexibility index (Phi) is 6.60. The summed E-state index contributed by atoms with van der Waals surface area (Å²) in [4.78, 5) is 27.3. The molecule has 1 aromatic carbocycles. The lowest BCUT2D eigenvalue weighted by Crippen LogP contribution is -2.07. The van der Waals surface area contributed by atoms with E-state index in [-0.39, 0.29) is 29.3 Å². The predicted octanol–water partition coefficient (Wildman–Crippen LogP) is 4.01. The molecule has 0 bridgehead atoms. The molecule has 0 saturated heterocycles. The van der Waals surface area contributed by atoms with Crippen molar-refractivity contribution in [2.45, 2.75) is 25.7 Å². The number of aryl methyl sites for hydroxylation is 1. The lowest BCUT2D eigenvalue weighted by atomic mass is 10.1. The van der Waals surface area contributed by atoms with Gasteiger partial charge in [-0.1, -0.05) is 35.5 Å². The zero-order valence-corrected chi connectivity index (χ0v) is 17.5. The smallest absolute Gasteiger partial charge is 0.339 e. The zero-order chi connectivity index (χ0) is 21.0. The number of aromatic nitrogens is 3. The number of para-hydroxylation sites is 1. The number of thioether (sulfide) groups is 1. The van der Waals surface area contributed by atoms with E-state index in [4.69, 9.17) is 25.5 Å². The molecule has 0 spiro atoms. The summed E-state index contributed by atoms with van der Waals surface area (Å²) in [6.45, 7) is 3.47. The number of nitrogens with zero attached hydrogens (tertiary/aromatic N) is 2. The van der Waals surface area contributed by atoms with Crippen LogP contribution < -0.4 is 4.74 Å². The van der Waals surface area contributed by atoms with Gasteiger partial charge in [-0.15, -0.1) is 10.2 Å². The van der Waals surface area contributed by atoms with Crippen molar-refractivity contribution in [2.24, 2.45) is 0 Å². The van der Waals surface area contributed by atoms with Crippen LogP contribution in [-0.4, -0.2) is 39.8 Å². The Morgan fingerprint density at radius 3 is 2.72 bits per heavy atom. The van der Waals surface area contributed by atoms with E-state index in [1.807, 2.05) is 0 Å². The van der Waals surface area contributed by atoms with Gasteiger partial charge >= 0.3 is 5.97 Å². The molecule has 0 aliphatic heterocycles. The second-order valence-electron chi connectivity index (χ2n) is 6.01. The van der Waals surface area contributed by atoms with E-state index in [0.29, 0.717) is 33.3 Å². The first-order valence-electron chi connectivity index (χ1n) is 8.54. The Labute approximate surface area is 175 Å². The second kappa shape index (κ2) is 9.15. The highest BCUT2D eigenvalue weighted by molar-refractivity contribution is 7.99. The number of hydrogen-bond donors (Lipinski definition) is 1. The number of H-pyrrole nitrogens is 1. The van der Waals surface area contributed by atoms with Gasteiger partial charge in [-0.3, -0.25) is 4.79 Å². The lowest BCUT2D eigenvalue weighted by Gasteiger charge is -2.04. The van der Waals surface area contributed by atoms with Crippen LogP contribution in [0.5, 0.6) is 5.75 Å². The van der Waals surface area contributed by atoms with Gasteiger partial charge in [0.2, 0.25) is 0 Å². The van der Waals surface area contributed by atoms with Gasteiger partial charge in [0.1, 0.15) is 5.75 Å². The van der Waals surface area contributed by atoms with Gasteiger partial charge < -0.3 is 18.9 Å². The molecule has 0 radical (unpaired) electrons. The first-order chi connectivity index (χ1) is 13.9. The average Bonchev–Trinajstić information content (AvgIpc) is 3.28. The number of methoxy groups -OCH3 is 1. The van der Waals surface area contributed by atoms with Crippen LogP contribution in [0.3, 0.4) is 0 Å². The van der Waals surface area contributed by atoms with E-state index in [1.165, 1.54) is 7.11 Å². The minimum absolute atomic E-state index is 0.0582. The van der Waals surface area contributed by atoms with Crippen molar-refractivity contribution in [3.05, 3.63) is 57.7 Å². The molecule has 0 unspecified atom stereocenters. The van der Waals surface area contributed by atoms with Crippen LogP contribution in [-0.2, 0) is 11.3 Å². The van der Waals surface area contributed by atoms with Crippen molar-refractivity contribution in [3.63, 3.8) is 0 Å². The molecule has 0 fully saturated rings. The van der Waals surface area contributed by atoms with E-state index < -0.39 is 5.97 Å². The van der Waals surface area contributed by atoms with Crippen LogP contribution in [0, 0.1) is 13.8 Å². The normalized spacial score (nSPS) is 10.8. The SMILES string of the molecule is COC(=O)c1c(C)[nH]c(C(=O)CSc2nnc(COc3ccccc3Cl)o2)c1C. The number of aromatic amines is 1. The first kappa shape index (κ1) is 20.9. The summed E-state index contributed by atoms with van der Waals surface area (Å²) in [5, 5.41) is 8.52. The molecule has 8 nitrogen and oxygen atoms in total. The van der Waals surface area contributed by atoms with Crippen LogP contribution in [0.4, 0.5) is 0 Å². The van der Waals surface area contributed by atoms with E-state index in [1.54, 1.807) is 38.1 Å². The molecular weight excluding hydrogens is 418 g/mol. The Morgan fingerprint density at radius 1 is 1.24 bits per heavy atom. The molecule has 1 N–H and O–H groups in total. The standard InChI is InChI=1S/C19H18ClN3O5S/c1-10-16(18(25)26-3)11(2)21-17(10)13(24)9-29-19-23-22-15(28-19)8-27-14-7-5-4-6-12(14)20/h4-7,21H,8-9H2,1-3H3. The summed E-state index contributed by atoms with van der Waals surface area (Å²) < 4.78 is 15.8. The Balaban J connectivity index is 1.59. The van der Waals surface area contributed by atoms with Crippen molar-refractivity contribution in [1.29, 1.82) is 0 Å². The number of carbonyl (C=O) groups is 2. The number of esters is 1. The monoisotopic (exact) mass is 435 g/mol. The molecular formula is C19H18ClN3O5S. The third-order valence-corrected chi connectivity index (χ3v) is 5.20. The number of hydrogen-bond acceptors (Lipinski definition) is 8. The largest absolute Gasteiger partial charge is 0.482 e. The van der Waals surface area contributed by atoms with Crippen LogP contribution in [0.1, 0.15) is 38.0 Å². The lowest BCUT2D eigenvalue weighted by molar-refractivity contribution is 0.0599. The summed E-state index contributed by atoms with van der Waals surface area (Å²) in [7, 11) is 1.30. The third kappa shape index (κ3) is 4.80. The van der Waals surface area contributed by atoms with Crippen molar-refractivity contribution >= 4 is 35.1 Å². The summed E-state index contributed by atoms with van der Waals surface area (Å²) in [5.74, 6) is 0.158. The highest BCUT2D eigenvalue weighted by atomic mass is 35.5. The molecule has 0 saturated carbocycles. The first-order valence-corrected chi connectivity index (χ1v) is 9.90. The molecule has 0 atom stereocenters. The van der Waals surface area contributed by atoms with Crippen molar-refractivity contribution in [3.8, 4) is 5.75 Å². The average molecular weight is 436 g/mol. The molecule has 29 heavy (non-hydrogen) atoms. The molecule has 3 rings (SSSR count). The number of nitrogens with one attached hydrogen (secondary N) is 1. The number of ketones is 1.